The highest BCUT2D eigenvalue weighted by atomic mass is 16.5. The van der Waals surface area contributed by atoms with Gasteiger partial charge in [0.05, 0.1) is 13.2 Å². The molecule has 0 N–H and O–H groups in total. The fourth-order valence-corrected chi connectivity index (χ4v) is 9.30. The Labute approximate surface area is 298 Å². The zero-order valence-corrected chi connectivity index (χ0v) is 30.6. The van der Waals surface area contributed by atoms with Gasteiger partial charge in [-0.1, -0.05) is 125 Å². The predicted octanol–water partition coefficient (Wildman–Crippen LogP) is 11.3. The number of ether oxygens (including phenoxy) is 2. The highest BCUT2D eigenvalue weighted by Gasteiger charge is 2.47. The summed E-state index contributed by atoms with van der Waals surface area (Å²) in [5, 5.41) is 2.51. The van der Waals surface area contributed by atoms with Gasteiger partial charge in [-0.05, 0) is 89.6 Å². The van der Waals surface area contributed by atoms with Crippen LogP contribution < -0.4 is 9.64 Å². The predicted molar refractivity (Wildman–Crippen MR) is 210 cm³/mol. The lowest BCUT2D eigenvalue weighted by Crippen LogP contribution is -2.37. The third-order valence-electron chi connectivity index (χ3n) is 11.8. The Kier molecular flexibility index (Phi) is 8.59. The summed E-state index contributed by atoms with van der Waals surface area (Å²) < 4.78 is 13.3. The summed E-state index contributed by atoms with van der Waals surface area (Å²) in [4.78, 5) is 2.42. The molecule has 5 aromatic rings. The Bertz CT molecular complexity index is 2060. The van der Waals surface area contributed by atoms with Crippen molar-refractivity contribution in [1.29, 1.82) is 0 Å². The molecule has 0 bridgehead atoms. The third kappa shape index (κ3) is 5.11. The van der Waals surface area contributed by atoms with Crippen LogP contribution in [-0.4, -0.2) is 26.3 Å². The van der Waals surface area contributed by atoms with Crippen molar-refractivity contribution < 1.29 is 9.47 Å². The van der Waals surface area contributed by atoms with E-state index in [4.69, 9.17) is 9.47 Å². The quantitative estimate of drug-likeness (QED) is 0.157. The lowest BCUT2D eigenvalue weighted by atomic mass is 9.69. The lowest BCUT2D eigenvalue weighted by molar-refractivity contribution is 0.122. The zero-order chi connectivity index (χ0) is 34.5. The molecular formula is C47H51NO2. The van der Waals surface area contributed by atoms with Gasteiger partial charge < -0.3 is 14.4 Å². The normalized spacial score (nSPS) is 18.9. The van der Waals surface area contributed by atoms with Gasteiger partial charge in [0.2, 0.25) is 0 Å². The minimum Gasteiger partial charge on any atom is -0.472 e. The van der Waals surface area contributed by atoms with Crippen LogP contribution >= 0.6 is 0 Å². The fourth-order valence-electron chi connectivity index (χ4n) is 9.30. The number of hydrogen-bond acceptors (Lipinski definition) is 3. The number of anilines is 1. The number of morpholine rings is 1. The summed E-state index contributed by atoms with van der Waals surface area (Å²) in [5.41, 5.74) is 13.8. The van der Waals surface area contributed by atoms with Gasteiger partial charge in [-0.3, -0.25) is 0 Å². The Morgan fingerprint density at radius 3 is 2.02 bits per heavy atom. The van der Waals surface area contributed by atoms with Gasteiger partial charge in [0, 0.05) is 46.3 Å². The van der Waals surface area contributed by atoms with Crippen molar-refractivity contribution in [2.45, 2.75) is 84.2 Å². The van der Waals surface area contributed by atoms with E-state index in [0.29, 0.717) is 0 Å². The minimum absolute atomic E-state index is 0.0579. The van der Waals surface area contributed by atoms with E-state index in [1.54, 1.807) is 0 Å². The summed E-state index contributed by atoms with van der Waals surface area (Å²) in [6, 6.07) is 32.5. The Balaban J connectivity index is 1.39. The van der Waals surface area contributed by atoms with Crippen molar-refractivity contribution >= 4 is 22.5 Å². The molecule has 1 unspecified atom stereocenters. The Hall–Kier alpha value is -4.34. The first-order valence-electron chi connectivity index (χ1n) is 19.1. The molecule has 1 fully saturated rings. The monoisotopic (exact) mass is 661 g/mol. The number of rotatable bonds is 9. The summed E-state index contributed by atoms with van der Waals surface area (Å²) in [5.74, 6) is 1.01. The second-order valence-corrected chi connectivity index (χ2v) is 14.7. The van der Waals surface area contributed by atoms with Gasteiger partial charge >= 0.3 is 0 Å². The smallest absolute Gasteiger partial charge is 0.178 e. The van der Waals surface area contributed by atoms with Gasteiger partial charge in [-0.25, -0.2) is 0 Å². The summed E-state index contributed by atoms with van der Waals surface area (Å²) in [6.07, 6.45) is 11.4. The topological polar surface area (TPSA) is 21.7 Å². The van der Waals surface area contributed by atoms with Crippen LogP contribution in [-0.2, 0) is 28.6 Å². The van der Waals surface area contributed by atoms with E-state index in [-0.39, 0.29) is 5.41 Å². The standard InChI is InChI=1S/C47H51NO2/c1-6-23-46(24-7-2)42-31-34(9-4)13-21-39(42)43-41-30-32(5)10-20-38(41)45-40(44(43)46)22-25-47(50-45,35-14-11-33(8-3)12-15-35)36-16-18-37(19-17-36)48-26-28-49-29-27-48/h10-22,25,30-31H,6-9,23-24,26-29H2,1-5H3. The van der Waals surface area contributed by atoms with Crippen LogP contribution in [0.2, 0.25) is 0 Å². The molecule has 0 spiro atoms. The fraction of sp³-hybridized carbons (Fsp3) is 0.362. The highest BCUT2D eigenvalue weighted by Crippen LogP contribution is 2.61. The van der Waals surface area contributed by atoms with Gasteiger partial charge in [-0.2, -0.15) is 0 Å². The SMILES string of the molecule is CCCC1(CCC)c2cc(CC)ccc2-c2c1c1c(c3ccc(C)cc23)OC(c2ccc(CC)cc2)(c2ccc(N3CCOCC3)cc2)C=C1. The molecule has 0 saturated carbocycles. The molecule has 0 radical (unpaired) electrons. The summed E-state index contributed by atoms with van der Waals surface area (Å²) in [7, 11) is 0. The van der Waals surface area contributed by atoms with E-state index in [1.807, 2.05) is 0 Å². The molecule has 0 aromatic heterocycles. The van der Waals surface area contributed by atoms with Gasteiger partial charge in [-0.15, -0.1) is 0 Å². The van der Waals surface area contributed by atoms with Crippen LogP contribution in [0.15, 0.2) is 91.0 Å². The molecule has 3 heteroatoms. The first-order chi connectivity index (χ1) is 24.5. The Morgan fingerprint density at radius 2 is 1.36 bits per heavy atom. The summed E-state index contributed by atoms with van der Waals surface area (Å²) >= 11 is 0. The molecule has 3 nitrogen and oxygen atoms in total. The van der Waals surface area contributed by atoms with Crippen molar-refractivity contribution in [3.05, 3.63) is 136 Å². The van der Waals surface area contributed by atoms with Crippen LogP contribution in [0, 0.1) is 6.92 Å². The van der Waals surface area contributed by atoms with Crippen LogP contribution in [0.25, 0.3) is 28.0 Å². The summed E-state index contributed by atoms with van der Waals surface area (Å²) in [6.45, 7) is 14.8. The maximum absolute atomic E-state index is 7.70. The number of benzene rings is 5. The molecule has 0 amide bonds. The zero-order valence-electron chi connectivity index (χ0n) is 30.6. The molecule has 3 aliphatic rings. The maximum Gasteiger partial charge on any atom is 0.178 e. The van der Waals surface area contributed by atoms with E-state index in [2.05, 4.69) is 137 Å². The first kappa shape index (κ1) is 32.8. The van der Waals surface area contributed by atoms with Crippen LogP contribution in [0.5, 0.6) is 5.75 Å². The molecule has 1 atom stereocenters. The van der Waals surface area contributed by atoms with Crippen molar-refractivity contribution in [2.24, 2.45) is 0 Å². The molecule has 5 aromatic carbocycles. The molecule has 2 aliphatic heterocycles. The average Bonchev–Trinajstić information content (AvgIpc) is 3.44. The second kappa shape index (κ2) is 13.1. The van der Waals surface area contributed by atoms with Crippen LogP contribution in [0.4, 0.5) is 5.69 Å². The Morgan fingerprint density at radius 1 is 0.700 bits per heavy atom. The van der Waals surface area contributed by atoms with Gasteiger partial charge in [0.25, 0.3) is 0 Å². The molecule has 256 valence electrons. The maximum atomic E-state index is 7.70. The molecule has 8 rings (SSSR count). The molecule has 2 heterocycles. The van der Waals surface area contributed by atoms with Gasteiger partial charge in [0.1, 0.15) is 5.75 Å². The van der Waals surface area contributed by atoms with E-state index in [1.165, 1.54) is 61.0 Å². The highest BCUT2D eigenvalue weighted by molar-refractivity contribution is 6.09. The molecule has 50 heavy (non-hydrogen) atoms. The van der Waals surface area contributed by atoms with E-state index < -0.39 is 5.60 Å². The van der Waals surface area contributed by atoms with Gasteiger partial charge in [0.15, 0.2) is 5.60 Å². The third-order valence-corrected chi connectivity index (χ3v) is 11.8. The number of hydrogen-bond donors (Lipinski definition) is 0. The van der Waals surface area contributed by atoms with Crippen LogP contribution in [0.1, 0.15) is 97.9 Å². The molecular weight excluding hydrogens is 611 g/mol. The van der Waals surface area contributed by atoms with Crippen molar-refractivity contribution in [3.63, 3.8) is 0 Å². The van der Waals surface area contributed by atoms with E-state index >= 15 is 0 Å². The van der Waals surface area contributed by atoms with E-state index in [9.17, 15) is 0 Å². The van der Waals surface area contributed by atoms with Crippen LogP contribution in [0.3, 0.4) is 0 Å². The molecule has 1 saturated heterocycles. The number of aryl methyl sites for hydroxylation is 3. The van der Waals surface area contributed by atoms with Crippen molar-refractivity contribution in [3.8, 4) is 16.9 Å². The average molecular weight is 662 g/mol. The van der Waals surface area contributed by atoms with Crippen molar-refractivity contribution in [2.75, 3.05) is 31.2 Å². The lowest BCUT2D eigenvalue weighted by Gasteiger charge is -2.40. The first-order valence-corrected chi connectivity index (χ1v) is 19.1. The molecule has 1 aliphatic carbocycles. The van der Waals surface area contributed by atoms with Crippen molar-refractivity contribution in [1.82, 2.24) is 0 Å². The van der Waals surface area contributed by atoms with E-state index in [0.717, 1.165) is 81.7 Å². The second-order valence-electron chi connectivity index (χ2n) is 14.7. The minimum atomic E-state index is -0.770. The number of fused-ring (bicyclic) bond motifs is 8. The number of nitrogens with zero attached hydrogens (tertiary/aromatic N) is 1. The largest absolute Gasteiger partial charge is 0.472 e.